The van der Waals surface area contributed by atoms with Crippen molar-refractivity contribution in [3.8, 4) is 0 Å². The van der Waals surface area contributed by atoms with E-state index in [0.717, 1.165) is 18.1 Å². The molecule has 20 heavy (non-hydrogen) atoms. The molecule has 1 aromatic heterocycles. The van der Waals surface area contributed by atoms with Crippen molar-refractivity contribution in [3.05, 3.63) is 11.1 Å². The Morgan fingerprint density at radius 2 is 2.25 bits per heavy atom. The lowest BCUT2D eigenvalue weighted by atomic mass is 9.90. The van der Waals surface area contributed by atoms with E-state index in [-0.39, 0.29) is 0 Å². The first kappa shape index (κ1) is 16.9. The molecule has 1 N–H and O–H groups in total. The average Bonchev–Trinajstić information content (AvgIpc) is 2.88. The minimum absolute atomic E-state index is 0.345. The first-order valence-corrected chi connectivity index (χ1v) is 7.67. The van der Waals surface area contributed by atoms with Crippen LogP contribution in [0.4, 0.5) is 5.13 Å². The number of thiazole rings is 1. The number of carboxylic acids is 1. The van der Waals surface area contributed by atoms with Crippen LogP contribution in [0, 0.1) is 0 Å². The van der Waals surface area contributed by atoms with Gasteiger partial charge < -0.3 is 14.7 Å². The summed E-state index contributed by atoms with van der Waals surface area (Å²) in [4.78, 5) is 18.0. The molecule has 0 fully saturated rings. The van der Waals surface area contributed by atoms with Crippen LogP contribution < -0.4 is 4.90 Å². The monoisotopic (exact) mass is 300 g/mol. The summed E-state index contributed by atoms with van der Waals surface area (Å²) in [5, 5.41) is 12.0. The van der Waals surface area contributed by atoms with Gasteiger partial charge in [-0.25, -0.2) is 4.98 Å². The van der Waals surface area contributed by atoms with Crippen LogP contribution in [-0.2, 0) is 14.9 Å². The number of anilines is 1. The van der Waals surface area contributed by atoms with Crippen LogP contribution in [0.25, 0.3) is 0 Å². The molecule has 0 aliphatic heterocycles. The summed E-state index contributed by atoms with van der Waals surface area (Å²) in [7, 11) is 1.68. The van der Waals surface area contributed by atoms with E-state index in [2.05, 4.69) is 23.7 Å². The van der Waals surface area contributed by atoms with Gasteiger partial charge in [0.25, 0.3) is 0 Å². The highest BCUT2D eigenvalue weighted by Gasteiger charge is 2.32. The molecule has 0 radical (unpaired) electrons. The first-order chi connectivity index (χ1) is 9.34. The SMILES string of the molecule is CCC(C)N(CCOC)c1nc(C(C)(C)C(=O)O)cs1. The van der Waals surface area contributed by atoms with Crippen LogP contribution in [0.15, 0.2) is 5.38 Å². The van der Waals surface area contributed by atoms with Gasteiger partial charge in [-0.2, -0.15) is 0 Å². The highest BCUT2D eigenvalue weighted by molar-refractivity contribution is 7.13. The maximum atomic E-state index is 11.3. The maximum absolute atomic E-state index is 11.3. The molecule has 1 aromatic rings. The number of aromatic nitrogens is 1. The van der Waals surface area contributed by atoms with Gasteiger partial charge in [-0.15, -0.1) is 11.3 Å². The molecule has 0 amide bonds. The topological polar surface area (TPSA) is 62.7 Å². The lowest BCUT2D eigenvalue weighted by Gasteiger charge is -2.28. The fourth-order valence-electron chi connectivity index (χ4n) is 1.71. The van der Waals surface area contributed by atoms with Gasteiger partial charge in [-0.05, 0) is 27.2 Å². The van der Waals surface area contributed by atoms with E-state index >= 15 is 0 Å². The van der Waals surface area contributed by atoms with Gasteiger partial charge in [0.2, 0.25) is 0 Å². The number of carbonyl (C=O) groups is 1. The Kier molecular flexibility index (Phi) is 5.95. The molecule has 5 nitrogen and oxygen atoms in total. The van der Waals surface area contributed by atoms with Crippen LogP contribution in [-0.4, -0.2) is 42.4 Å². The van der Waals surface area contributed by atoms with Crippen molar-refractivity contribution < 1.29 is 14.6 Å². The Morgan fingerprint density at radius 1 is 1.60 bits per heavy atom. The number of nitrogens with zero attached hydrogens (tertiary/aromatic N) is 2. The Bertz CT molecular complexity index is 445. The van der Waals surface area contributed by atoms with Crippen molar-refractivity contribution in [2.45, 2.75) is 45.6 Å². The Labute approximate surface area is 124 Å². The predicted octanol–water partition coefficient (Wildman–Crippen LogP) is 2.76. The number of rotatable bonds is 8. The van der Waals surface area contributed by atoms with Crippen molar-refractivity contribution in [1.29, 1.82) is 0 Å². The Hall–Kier alpha value is -1.14. The van der Waals surface area contributed by atoms with Crippen LogP contribution in [0.1, 0.15) is 39.8 Å². The normalized spacial score (nSPS) is 13.2. The lowest BCUT2D eigenvalue weighted by molar-refractivity contribution is -0.142. The first-order valence-electron chi connectivity index (χ1n) is 6.79. The third-order valence-corrected chi connectivity index (χ3v) is 4.45. The summed E-state index contributed by atoms with van der Waals surface area (Å²) >= 11 is 1.49. The van der Waals surface area contributed by atoms with Gasteiger partial charge in [0.05, 0.1) is 12.3 Å². The number of ether oxygens (including phenoxy) is 1. The second-order valence-corrected chi connectivity index (χ2v) is 6.23. The van der Waals surface area contributed by atoms with Crippen molar-refractivity contribution >= 4 is 22.4 Å². The lowest BCUT2D eigenvalue weighted by Crippen LogP contribution is -2.35. The van der Waals surface area contributed by atoms with Crippen LogP contribution in [0.3, 0.4) is 0 Å². The largest absolute Gasteiger partial charge is 0.481 e. The van der Waals surface area contributed by atoms with Gasteiger partial charge in [-0.1, -0.05) is 6.92 Å². The highest BCUT2D eigenvalue weighted by Crippen LogP contribution is 2.30. The predicted molar refractivity (Wildman–Crippen MR) is 81.8 cm³/mol. The van der Waals surface area contributed by atoms with E-state index in [1.54, 1.807) is 21.0 Å². The Morgan fingerprint density at radius 3 is 2.75 bits per heavy atom. The molecule has 0 saturated carbocycles. The van der Waals surface area contributed by atoms with Crippen molar-refractivity contribution in [3.63, 3.8) is 0 Å². The van der Waals surface area contributed by atoms with Gasteiger partial charge >= 0.3 is 5.97 Å². The van der Waals surface area contributed by atoms with Crippen LogP contribution >= 0.6 is 11.3 Å². The standard InChI is InChI=1S/C14H24N2O3S/c1-6-10(2)16(7-8-19-5)13-15-11(9-20-13)14(3,4)12(17)18/h9-10H,6-8H2,1-5H3,(H,17,18). The minimum atomic E-state index is -0.961. The van der Waals surface area contributed by atoms with Crippen molar-refractivity contribution in [2.75, 3.05) is 25.2 Å². The molecule has 0 aromatic carbocycles. The average molecular weight is 300 g/mol. The smallest absolute Gasteiger partial charge is 0.315 e. The summed E-state index contributed by atoms with van der Waals surface area (Å²) in [6, 6.07) is 0.345. The zero-order valence-electron chi connectivity index (χ0n) is 12.8. The maximum Gasteiger partial charge on any atom is 0.315 e. The van der Waals surface area contributed by atoms with E-state index in [0.29, 0.717) is 18.3 Å². The molecule has 1 rings (SSSR count). The number of aliphatic carboxylic acids is 1. The van der Waals surface area contributed by atoms with E-state index in [1.807, 2.05) is 5.38 Å². The molecular formula is C14H24N2O3S. The molecule has 1 atom stereocenters. The summed E-state index contributed by atoms with van der Waals surface area (Å²) in [5.41, 5.74) is -0.354. The number of hydrogen-bond acceptors (Lipinski definition) is 5. The summed E-state index contributed by atoms with van der Waals surface area (Å²) in [6.45, 7) is 9.00. The van der Waals surface area contributed by atoms with Gasteiger partial charge in [0.15, 0.2) is 5.13 Å². The Balaban J connectivity index is 2.99. The van der Waals surface area contributed by atoms with Gasteiger partial charge in [-0.3, -0.25) is 4.79 Å². The summed E-state index contributed by atoms with van der Waals surface area (Å²) in [5.74, 6) is -0.860. The molecule has 0 spiro atoms. The molecule has 0 aliphatic rings. The number of hydrogen-bond donors (Lipinski definition) is 1. The number of carboxylic acid groups (broad SMARTS) is 1. The zero-order chi connectivity index (χ0) is 15.3. The third kappa shape index (κ3) is 3.70. The van der Waals surface area contributed by atoms with E-state index in [4.69, 9.17) is 4.74 Å². The zero-order valence-corrected chi connectivity index (χ0v) is 13.7. The molecular weight excluding hydrogens is 276 g/mol. The quantitative estimate of drug-likeness (QED) is 0.800. The molecule has 0 aliphatic carbocycles. The molecule has 6 heteroatoms. The molecule has 1 unspecified atom stereocenters. The van der Waals surface area contributed by atoms with Gasteiger partial charge in [0.1, 0.15) is 5.41 Å². The fourth-order valence-corrected chi connectivity index (χ4v) is 2.83. The summed E-state index contributed by atoms with van der Waals surface area (Å²) in [6.07, 6.45) is 1.00. The van der Waals surface area contributed by atoms with Gasteiger partial charge in [0, 0.05) is 25.1 Å². The second kappa shape index (κ2) is 7.04. The fraction of sp³-hybridized carbons (Fsp3) is 0.714. The van der Waals surface area contributed by atoms with Crippen molar-refractivity contribution in [2.24, 2.45) is 0 Å². The van der Waals surface area contributed by atoms with Crippen LogP contribution in [0.2, 0.25) is 0 Å². The summed E-state index contributed by atoms with van der Waals surface area (Å²) < 4.78 is 5.14. The molecule has 114 valence electrons. The molecule has 1 heterocycles. The van der Waals surface area contributed by atoms with E-state index < -0.39 is 11.4 Å². The number of methoxy groups -OCH3 is 1. The molecule has 0 saturated heterocycles. The van der Waals surface area contributed by atoms with Crippen molar-refractivity contribution in [1.82, 2.24) is 4.98 Å². The van der Waals surface area contributed by atoms with E-state index in [9.17, 15) is 9.90 Å². The minimum Gasteiger partial charge on any atom is -0.481 e. The van der Waals surface area contributed by atoms with Crippen LogP contribution in [0.5, 0.6) is 0 Å². The second-order valence-electron chi connectivity index (χ2n) is 5.39. The molecule has 0 bridgehead atoms. The highest BCUT2D eigenvalue weighted by atomic mass is 32.1. The van der Waals surface area contributed by atoms with E-state index in [1.165, 1.54) is 11.3 Å². The third-order valence-electron chi connectivity index (χ3n) is 3.57.